The van der Waals surface area contributed by atoms with Crippen molar-refractivity contribution in [1.29, 1.82) is 5.26 Å². The van der Waals surface area contributed by atoms with E-state index in [1.165, 1.54) is 19.1 Å². The zero-order valence-electron chi connectivity index (χ0n) is 11.7. The van der Waals surface area contributed by atoms with Crippen LogP contribution in [0.3, 0.4) is 0 Å². The van der Waals surface area contributed by atoms with Crippen molar-refractivity contribution in [2.24, 2.45) is 0 Å². The van der Waals surface area contributed by atoms with E-state index in [1.54, 1.807) is 6.92 Å². The quantitative estimate of drug-likeness (QED) is 0.816. The van der Waals surface area contributed by atoms with Gasteiger partial charge in [0.1, 0.15) is 12.2 Å². The second-order valence-corrected chi connectivity index (χ2v) is 5.41. The van der Waals surface area contributed by atoms with Gasteiger partial charge < -0.3 is 4.74 Å². The molecule has 1 aliphatic rings. The second kappa shape index (κ2) is 5.69. The van der Waals surface area contributed by atoms with Crippen LogP contribution < -0.4 is 4.90 Å². The lowest BCUT2D eigenvalue weighted by atomic mass is 10.0. The normalized spacial score (nSPS) is 21.7. The predicted molar refractivity (Wildman–Crippen MR) is 73.8 cm³/mol. The third-order valence-electron chi connectivity index (χ3n) is 3.54. The summed E-state index contributed by atoms with van der Waals surface area (Å²) in [6, 6.07) is 3.48. The minimum atomic E-state index is -4.44. The van der Waals surface area contributed by atoms with Crippen molar-refractivity contribution in [1.82, 2.24) is 0 Å². The molecule has 0 bridgehead atoms. The molecule has 1 aromatic carbocycles. The summed E-state index contributed by atoms with van der Waals surface area (Å²) in [5.41, 5.74) is 0.766. The van der Waals surface area contributed by atoms with E-state index in [0.717, 1.165) is 4.90 Å². The van der Waals surface area contributed by atoms with E-state index in [1.807, 2.05) is 6.07 Å². The zero-order chi connectivity index (χ0) is 16.7. The number of rotatable bonds is 2. The first-order chi connectivity index (χ1) is 10.2. The number of amides is 1. The van der Waals surface area contributed by atoms with Crippen molar-refractivity contribution < 1.29 is 22.7 Å². The van der Waals surface area contributed by atoms with E-state index in [0.29, 0.717) is 5.56 Å². The van der Waals surface area contributed by atoms with Gasteiger partial charge in [-0.05, 0) is 31.5 Å². The summed E-state index contributed by atoms with van der Waals surface area (Å²) >= 11 is 6.02. The number of ether oxygens (including phenoxy) is 1. The van der Waals surface area contributed by atoms with Gasteiger partial charge in [0, 0.05) is 0 Å². The molecule has 2 atom stereocenters. The summed E-state index contributed by atoms with van der Waals surface area (Å²) in [5, 5.41) is 9.02. The monoisotopic (exact) mass is 332 g/mol. The largest absolute Gasteiger partial charge is 0.444 e. The van der Waals surface area contributed by atoms with Crippen molar-refractivity contribution in [3.8, 4) is 6.07 Å². The highest BCUT2D eigenvalue weighted by atomic mass is 35.5. The number of anilines is 1. The van der Waals surface area contributed by atoms with E-state index in [9.17, 15) is 18.0 Å². The lowest BCUT2D eigenvalue weighted by Gasteiger charge is -2.26. The SMILES string of the molecule is Cc1c(N2C(=O)OC(C)C2CC(F)(F)F)ccc(C#N)c1Cl. The molecule has 0 radical (unpaired) electrons. The molecule has 1 amide bonds. The van der Waals surface area contributed by atoms with E-state index >= 15 is 0 Å². The fourth-order valence-corrected chi connectivity index (χ4v) is 2.64. The van der Waals surface area contributed by atoms with Crippen LogP contribution in [0.5, 0.6) is 0 Å². The number of benzene rings is 1. The molecule has 0 aliphatic carbocycles. The van der Waals surface area contributed by atoms with Crippen molar-refractivity contribution in [3.63, 3.8) is 0 Å². The Labute approximate surface area is 130 Å². The van der Waals surface area contributed by atoms with Crippen LogP contribution in [0.25, 0.3) is 0 Å². The number of cyclic esters (lactones) is 1. The van der Waals surface area contributed by atoms with Crippen LogP contribution in [0.2, 0.25) is 5.02 Å². The molecule has 118 valence electrons. The van der Waals surface area contributed by atoms with Gasteiger partial charge in [-0.1, -0.05) is 11.6 Å². The molecule has 4 nitrogen and oxygen atoms in total. The van der Waals surface area contributed by atoms with Crippen LogP contribution in [0.4, 0.5) is 23.7 Å². The Morgan fingerprint density at radius 3 is 2.64 bits per heavy atom. The van der Waals surface area contributed by atoms with Crippen LogP contribution in [0, 0.1) is 18.3 Å². The average molecular weight is 333 g/mol. The Balaban J connectivity index is 2.47. The van der Waals surface area contributed by atoms with Gasteiger partial charge in [-0.25, -0.2) is 4.79 Å². The standard InChI is InChI=1S/C14H12ClF3N2O2/c1-7-10(4-3-9(6-19)12(7)15)20-11(5-14(16,17)18)8(2)22-13(20)21/h3-4,8,11H,5H2,1-2H3. The second-order valence-electron chi connectivity index (χ2n) is 5.03. The van der Waals surface area contributed by atoms with E-state index in [-0.39, 0.29) is 16.3 Å². The van der Waals surface area contributed by atoms with Gasteiger partial charge in [0.05, 0.1) is 28.7 Å². The van der Waals surface area contributed by atoms with Gasteiger partial charge in [0.25, 0.3) is 0 Å². The molecule has 8 heteroatoms. The molecule has 1 aliphatic heterocycles. The van der Waals surface area contributed by atoms with Gasteiger partial charge in [0.15, 0.2) is 0 Å². The molecule has 0 N–H and O–H groups in total. The third kappa shape index (κ3) is 2.97. The van der Waals surface area contributed by atoms with Gasteiger partial charge in [0.2, 0.25) is 0 Å². The molecule has 0 aromatic heterocycles. The van der Waals surface area contributed by atoms with Crippen molar-refractivity contribution in [2.45, 2.75) is 38.6 Å². The number of carbonyl (C=O) groups excluding carboxylic acids is 1. The number of hydrogen-bond donors (Lipinski definition) is 0. The number of nitriles is 1. The summed E-state index contributed by atoms with van der Waals surface area (Å²) in [4.78, 5) is 12.9. The Hall–Kier alpha value is -1.94. The topological polar surface area (TPSA) is 53.3 Å². The highest BCUT2D eigenvalue weighted by Gasteiger charge is 2.46. The van der Waals surface area contributed by atoms with Gasteiger partial charge in [-0.15, -0.1) is 0 Å². The lowest BCUT2D eigenvalue weighted by Crippen LogP contribution is -2.39. The highest BCUT2D eigenvalue weighted by Crippen LogP contribution is 2.38. The van der Waals surface area contributed by atoms with Gasteiger partial charge in [-0.2, -0.15) is 18.4 Å². The third-order valence-corrected chi connectivity index (χ3v) is 4.02. The number of carbonyl (C=O) groups is 1. The first kappa shape index (κ1) is 16.4. The van der Waals surface area contributed by atoms with Crippen LogP contribution in [-0.2, 0) is 4.74 Å². The van der Waals surface area contributed by atoms with E-state index in [4.69, 9.17) is 21.6 Å². The van der Waals surface area contributed by atoms with Crippen LogP contribution in [0.15, 0.2) is 12.1 Å². The molecule has 1 fully saturated rings. The molecule has 0 spiro atoms. The number of alkyl halides is 3. The van der Waals surface area contributed by atoms with E-state index in [2.05, 4.69) is 0 Å². The molecule has 2 unspecified atom stereocenters. The Kier molecular flexibility index (Phi) is 4.25. The maximum atomic E-state index is 12.7. The lowest BCUT2D eigenvalue weighted by molar-refractivity contribution is -0.140. The minimum absolute atomic E-state index is 0.109. The summed E-state index contributed by atoms with van der Waals surface area (Å²) in [6.07, 6.45) is -7.37. The van der Waals surface area contributed by atoms with Gasteiger partial charge in [-0.3, -0.25) is 4.90 Å². The Bertz CT molecular complexity index is 655. The zero-order valence-corrected chi connectivity index (χ0v) is 12.5. The first-order valence-corrected chi connectivity index (χ1v) is 6.79. The molecule has 2 rings (SSSR count). The van der Waals surface area contributed by atoms with Crippen molar-refractivity contribution in [3.05, 3.63) is 28.3 Å². The number of hydrogen-bond acceptors (Lipinski definition) is 3. The molecular formula is C14H12ClF3N2O2. The number of nitrogens with zero attached hydrogens (tertiary/aromatic N) is 2. The highest BCUT2D eigenvalue weighted by molar-refractivity contribution is 6.33. The first-order valence-electron chi connectivity index (χ1n) is 6.41. The Morgan fingerprint density at radius 1 is 1.45 bits per heavy atom. The fraction of sp³-hybridized carbons (Fsp3) is 0.429. The van der Waals surface area contributed by atoms with Crippen LogP contribution in [-0.4, -0.2) is 24.4 Å². The summed E-state index contributed by atoms with van der Waals surface area (Å²) in [5.74, 6) is 0. The van der Waals surface area contributed by atoms with Crippen molar-refractivity contribution >= 4 is 23.4 Å². The van der Waals surface area contributed by atoms with Crippen molar-refractivity contribution in [2.75, 3.05) is 4.90 Å². The van der Waals surface area contributed by atoms with Gasteiger partial charge >= 0.3 is 12.3 Å². The van der Waals surface area contributed by atoms with E-state index < -0.39 is 30.8 Å². The summed E-state index contributed by atoms with van der Waals surface area (Å²) in [6.45, 7) is 2.95. The van der Waals surface area contributed by atoms with Crippen LogP contribution in [0.1, 0.15) is 24.5 Å². The molecule has 1 saturated heterocycles. The maximum absolute atomic E-state index is 12.7. The summed E-state index contributed by atoms with van der Waals surface area (Å²) in [7, 11) is 0. The molecule has 1 heterocycles. The average Bonchev–Trinajstić information content (AvgIpc) is 2.66. The van der Waals surface area contributed by atoms with Crippen LogP contribution >= 0.6 is 11.6 Å². The number of halogens is 4. The molecule has 22 heavy (non-hydrogen) atoms. The fourth-order valence-electron chi connectivity index (χ4n) is 2.43. The minimum Gasteiger partial charge on any atom is -0.444 e. The smallest absolute Gasteiger partial charge is 0.415 e. The molecule has 0 saturated carbocycles. The molecular weight excluding hydrogens is 321 g/mol. The summed E-state index contributed by atoms with van der Waals surface area (Å²) < 4.78 is 43.1. The Morgan fingerprint density at radius 2 is 2.09 bits per heavy atom. The predicted octanol–water partition coefficient (Wildman–Crippen LogP) is 4.19. The molecule has 1 aromatic rings. The maximum Gasteiger partial charge on any atom is 0.415 e.